The number of thioether (sulfide) groups is 1. The lowest BCUT2D eigenvalue weighted by Gasteiger charge is -2.26. The maximum absolute atomic E-state index is 2.48. The van der Waals surface area contributed by atoms with Crippen LogP contribution in [0.1, 0.15) is 12.5 Å². The van der Waals surface area contributed by atoms with Gasteiger partial charge in [0.1, 0.15) is 0 Å². The standard InChI is InChI=1S/C17H19NS/c1-2-18(15-9-4-3-5-10-15)13-16-12-14-8-6-7-11-17(14)19-16/h3-11,16H,2,12-13H2,1H3. The molecule has 2 heteroatoms. The third kappa shape index (κ3) is 2.79. The maximum Gasteiger partial charge on any atom is 0.0366 e. The van der Waals surface area contributed by atoms with Gasteiger partial charge in [0, 0.05) is 28.9 Å². The van der Waals surface area contributed by atoms with Crippen LogP contribution in [0.2, 0.25) is 0 Å². The van der Waals surface area contributed by atoms with Gasteiger partial charge >= 0.3 is 0 Å². The van der Waals surface area contributed by atoms with Crippen LogP contribution in [0.3, 0.4) is 0 Å². The molecular weight excluding hydrogens is 250 g/mol. The highest BCUT2D eigenvalue weighted by Gasteiger charge is 2.23. The van der Waals surface area contributed by atoms with Gasteiger partial charge < -0.3 is 4.90 Å². The summed E-state index contributed by atoms with van der Waals surface area (Å²) >= 11 is 2.03. The summed E-state index contributed by atoms with van der Waals surface area (Å²) in [4.78, 5) is 3.94. The minimum atomic E-state index is 0.678. The number of benzene rings is 2. The van der Waals surface area contributed by atoms with E-state index in [0.717, 1.165) is 13.1 Å². The summed E-state index contributed by atoms with van der Waals surface area (Å²) in [6.45, 7) is 4.43. The number of anilines is 1. The molecule has 0 aliphatic carbocycles. The molecule has 1 nitrogen and oxygen atoms in total. The van der Waals surface area contributed by atoms with E-state index in [4.69, 9.17) is 0 Å². The number of para-hydroxylation sites is 1. The van der Waals surface area contributed by atoms with Gasteiger partial charge in [0.25, 0.3) is 0 Å². The topological polar surface area (TPSA) is 3.24 Å². The predicted molar refractivity (Wildman–Crippen MR) is 84.1 cm³/mol. The Morgan fingerprint density at radius 1 is 1.05 bits per heavy atom. The Morgan fingerprint density at radius 2 is 1.79 bits per heavy atom. The van der Waals surface area contributed by atoms with Crippen molar-refractivity contribution in [2.24, 2.45) is 0 Å². The first kappa shape index (κ1) is 12.6. The van der Waals surface area contributed by atoms with E-state index in [1.807, 2.05) is 11.8 Å². The average molecular weight is 269 g/mol. The molecular formula is C17H19NS. The van der Waals surface area contributed by atoms with Gasteiger partial charge in [-0.2, -0.15) is 0 Å². The van der Waals surface area contributed by atoms with Crippen molar-refractivity contribution >= 4 is 17.4 Å². The van der Waals surface area contributed by atoms with E-state index in [1.54, 1.807) is 0 Å². The molecule has 1 aliphatic rings. The van der Waals surface area contributed by atoms with Gasteiger partial charge in [-0.25, -0.2) is 0 Å². The van der Waals surface area contributed by atoms with Crippen LogP contribution in [0.25, 0.3) is 0 Å². The van der Waals surface area contributed by atoms with Gasteiger partial charge in [0.15, 0.2) is 0 Å². The Kier molecular flexibility index (Phi) is 3.79. The van der Waals surface area contributed by atoms with Crippen molar-refractivity contribution in [1.82, 2.24) is 0 Å². The fourth-order valence-corrected chi connectivity index (χ4v) is 3.99. The number of nitrogens with zero attached hydrogens (tertiary/aromatic N) is 1. The third-order valence-corrected chi connectivity index (χ3v) is 4.94. The summed E-state index contributed by atoms with van der Waals surface area (Å²) in [6, 6.07) is 19.5. The van der Waals surface area contributed by atoms with E-state index in [2.05, 4.69) is 66.4 Å². The van der Waals surface area contributed by atoms with Crippen LogP contribution in [0.15, 0.2) is 59.5 Å². The van der Waals surface area contributed by atoms with Crippen molar-refractivity contribution in [1.29, 1.82) is 0 Å². The predicted octanol–water partition coefficient (Wildman–Crippen LogP) is 4.23. The maximum atomic E-state index is 2.48. The molecule has 0 bridgehead atoms. The Labute approximate surface area is 119 Å². The second kappa shape index (κ2) is 5.70. The lowest BCUT2D eigenvalue weighted by molar-refractivity contribution is 0.768. The smallest absolute Gasteiger partial charge is 0.0366 e. The molecule has 0 saturated heterocycles. The second-order valence-electron chi connectivity index (χ2n) is 4.93. The molecule has 19 heavy (non-hydrogen) atoms. The molecule has 1 atom stereocenters. The van der Waals surface area contributed by atoms with Crippen molar-refractivity contribution in [3.8, 4) is 0 Å². The van der Waals surface area contributed by atoms with E-state index < -0.39 is 0 Å². The van der Waals surface area contributed by atoms with E-state index in [-0.39, 0.29) is 0 Å². The summed E-state index contributed by atoms with van der Waals surface area (Å²) in [5.41, 5.74) is 2.85. The summed E-state index contributed by atoms with van der Waals surface area (Å²) in [6.07, 6.45) is 1.20. The first-order chi connectivity index (χ1) is 9.36. The van der Waals surface area contributed by atoms with E-state index in [9.17, 15) is 0 Å². The van der Waals surface area contributed by atoms with Crippen molar-refractivity contribution in [2.75, 3.05) is 18.0 Å². The highest BCUT2D eigenvalue weighted by Crippen LogP contribution is 2.37. The zero-order valence-corrected chi connectivity index (χ0v) is 12.1. The van der Waals surface area contributed by atoms with Crippen LogP contribution in [-0.4, -0.2) is 18.3 Å². The van der Waals surface area contributed by atoms with Gasteiger partial charge in [0.05, 0.1) is 0 Å². The van der Waals surface area contributed by atoms with Crippen molar-refractivity contribution in [3.63, 3.8) is 0 Å². The van der Waals surface area contributed by atoms with Crippen LogP contribution >= 0.6 is 11.8 Å². The largest absolute Gasteiger partial charge is 0.371 e. The molecule has 0 aromatic heterocycles. The summed E-state index contributed by atoms with van der Waals surface area (Å²) in [7, 11) is 0. The first-order valence-electron chi connectivity index (χ1n) is 6.91. The van der Waals surface area contributed by atoms with Crippen molar-refractivity contribution in [2.45, 2.75) is 23.5 Å². The SMILES string of the molecule is CCN(CC1Cc2ccccc2S1)c1ccccc1. The van der Waals surface area contributed by atoms with Gasteiger partial charge in [-0.05, 0) is 37.1 Å². The third-order valence-electron chi connectivity index (χ3n) is 3.64. The zero-order valence-electron chi connectivity index (χ0n) is 11.3. The fourth-order valence-electron chi connectivity index (χ4n) is 2.66. The molecule has 0 N–H and O–H groups in total. The van der Waals surface area contributed by atoms with Gasteiger partial charge in [-0.15, -0.1) is 11.8 Å². The molecule has 3 rings (SSSR count). The molecule has 0 saturated carbocycles. The van der Waals surface area contributed by atoms with Gasteiger partial charge in [-0.3, -0.25) is 0 Å². The van der Waals surface area contributed by atoms with E-state index in [1.165, 1.54) is 22.6 Å². The second-order valence-corrected chi connectivity index (χ2v) is 6.27. The summed E-state index contributed by atoms with van der Waals surface area (Å²) in [5, 5.41) is 0.678. The van der Waals surface area contributed by atoms with Crippen LogP contribution < -0.4 is 4.90 Å². The molecule has 1 heterocycles. The average Bonchev–Trinajstić information content (AvgIpc) is 2.88. The van der Waals surface area contributed by atoms with Crippen LogP contribution in [-0.2, 0) is 6.42 Å². The molecule has 1 aliphatic heterocycles. The van der Waals surface area contributed by atoms with Crippen molar-refractivity contribution in [3.05, 3.63) is 60.2 Å². The first-order valence-corrected chi connectivity index (χ1v) is 7.79. The fraction of sp³-hybridized carbons (Fsp3) is 0.294. The minimum Gasteiger partial charge on any atom is -0.371 e. The quantitative estimate of drug-likeness (QED) is 0.817. The molecule has 1 unspecified atom stereocenters. The van der Waals surface area contributed by atoms with Crippen molar-refractivity contribution < 1.29 is 0 Å². The van der Waals surface area contributed by atoms with Crippen LogP contribution in [0.4, 0.5) is 5.69 Å². The molecule has 2 aromatic carbocycles. The number of hydrogen-bond acceptors (Lipinski definition) is 2. The van der Waals surface area contributed by atoms with Gasteiger partial charge in [-0.1, -0.05) is 36.4 Å². The molecule has 98 valence electrons. The highest BCUT2D eigenvalue weighted by molar-refractivity contribution is 8.00. The lowest BCUT2D eigenvalue weighted by Crippen LogP contribution is -2.30. The number of rotatable bonds is 4. The minimum absolute atomic E-state index is 0.678. The molecule has 0 spiro atoms. The highest BCUT2D eigenvalue weighted by atomic mass is 32.2. The molecule has 0 amide bonds. The number of fused-ring (bicyclic) bond motifs is 1. The number of hydrogen-bond donors (Lipinski definition) is 0. The summed E-state index contributed by atoms with van der Waals surface area (Å²) < 4.78 is 0. The van der Waals surface area contributed by atoms with Crippen LogP contribution in [0.5, 0.6) is 0 Å². The van der Waals surface area contributed by atoms with Crippen LogP contribution in [0, 0.1) is 0 Å². The van der Waals surface area contributed by atoms with E-state index >= 15 is 0 Å². The zero-order chi connectivity index (χ0) is 13.1. The molecule has 0 fully saturated rings. The monoisotopic (exact) mass is 269 g/mol. The Morgan fingerprint density at radius 3 is 2.53 bits per heavy atom. The Balaban J connectivity index is 1.69. The lowest BCUT2D eigenvalue weighted by atomic mass is 10.1. The van der Waals surface area contributed by atoms with Gasteiger partial charge in [0.2, 0.25) is 0 Å². The molecule has 0 radical (unpaired) electrons. The van der Waals surface area contributed by atoms with E-state index in [0.29, 0.717) is 5.25 Å². The normalized spacial score (nSPS) is 17.2. The summed E-state index contributed by atoms with van der Waals surface area (Å²) in [5.74, 6) is 0. The Bertz CT molecular complexity index is 513. The Hall–Kier alpha value is -1.41. The molecule has 2 aromatic rings.